The van der Waals surface area contributed by atoms with Gasteiger partial charge >= 0.3 is 0 Å². The summed E-state index contributed by atoms with van der Waals surface area (Å²) in [7, 11) is 0. The molecule has 3 aromatic heterocycles. The number of rotatable bonds is 5. The number of halogens is 1. The summed E-state index contributed by atoms with van der Waals surface area (Å²) < 4.78 is 16.3. The van der Waals surface area contributed by atoms with Gasteiger partial charge < -0.3 is 9.72 Å². The number of benzene rings is 1. The first-order valence-corrected chi connectivity index (χ1v) is 8.59. The number of hydrogen-bond acceptors (Lipinski definition) is 3. The predicted octanol–water partition coefficient (Wildman–Crippen LogP) is 2.49. The van der Waals surface area contributed by atoms with Gasteiger partial charge in [-0.25, -0.2) is 9.37 Å². The lowest BCUT2D eigenvalue weighted by atomic mass is 10.2. The molecule has 136 valence electrons. The summed E-state index contributed by atoms with van der Waals surface area (Å²) in [6.07, 6.45) is 3.59. The van der Waals surface area contributed by atoms with Gasteiger partial charge in [0.15, 0.2) is 5.65 Å². The summed E-state index contributed by atoms with van der Waals surface area (Å²) in [4.78, 5) is 29.3. The van der Waals surface area contributed by atoms with Gasteiger partial charge in [0.05, 0.1) is 5.52 Å². The number of aryl methyl sites for hydroxylation is 1. The van der Waals surface area contributed by atoms with Gasteiger partial charge in [0.1, 0.15) is 11.3 Å². The molecule has 0 aliphatic rings. The number of aromatic nitrogens is 3. The van der Waals surface area contributed by atoms with Gasteiger partial charge in [0.2, 0.25) is 5.91 Å². The molecule has 1 amide bonds. The Morgan fingerprint density at radius 1 is 1.07 bits per heavy atom. The molecule has 1 N–H and O–H groups in total. The standard InChI is InChI=1S/C20H17FN4O2/c21-15-7-5-14(6-8-15)13-23-18(26)9-12-25-19-16(3-1-10-22-19)24-11-2-4-17(24)20(25)27/h1-8,10-11H,9,12-13H2,(H,23,26). The van der Waals surface area contributed by atoms with Crippen LogP contribution in [0.15, 0.2) is 65.7 Å². The highest BCUT2D eigenvalue weighted by Gasteiger charge is 2.12. The molecule has 0 spiro atoms. The van der Waals surface area contributed by atoms with Crippen molar-refractivity contribution in [1.82, 2.24) is 19.3 Å². The molecule has 4 rings (SSSR count). The van der Waals surface area contributed by atoms with Crippen molar-refractivity contribution in [3.8, 4) is 0 Å². The molecule has 0 fully saturated rings. The van der Waals surface area contributed by atoms with Crippen LogP contribution >= 0.6 is 0 Å². The van der Waals surface area contributed by atoms with Crippen LogP contribution in [0.4, 0.5) is 4.39 Å². The van der Waals surface area contributed by atoms with E-state index in [-0.39, 0.29) is 30.2 Å². The highest BCUT2D eigenvalue weighted by atomic mass is 19.1. The third kappa shape index (κ3) is 3.31. The van der Waals surface area contributed by atoms with E-state index in [2.05, 4.69) is 10.3 Å². The van der Waals surface area contributed by atoms with Crippen molar-refractivity contribution in [3.05, 3.63) is 82.7 Å². The van der Waals surface area contributed by atoms with Crippen molar-refractivity contribution in [3.63, 3.8) is 0 Å². The Morgan fingerprint density at radius 2 is 1.85 bits per heavy atom. The maximum atomic E-state index is 12.9. The van der Waals surface area contributed by atoms with Crippen LogP contribution < -0.4 is 10.9 Å². The topological polar surface area (TPSA) is 68.4 Å². The van der Waals surface area contributed by atoms with Crippen LogP contribution in [0, 0.1) is 5.82 Å². The third-order valence-corrected chi connectivity index (χ3v) is 4.46. The Balaban J connectivity index is 1.52. The van der Waals surface area contributed by atoms with Crippen LogP contribution in [-0.2, 0) is 17.9 Å². The second-order valence-electron chi connectivity index (χ2n) is 6.22. The largest absolute Gasteiger partial charge is 0.352 e. The summed E-state index contributed by atoms with van der Waals surface area (Å²) in [5, 5.41) is 2.79. The van der Waals surface area contributed by atoms with Crippen molar-refractivity contribution < 1.29 is 9.18 Å². The van der Waals surface area contributed by atoms with Crippen LogP contribution in [0.5, 0.6) is 0 Å². The fraction of sp³-hybridized carbons (Fsp3) is 0.150. The lowest BCUT2D eigenvalue weighted by molar-refractivity contribution is -0.121. The predicted molar refractivity (Wildman–Crippen MR) is 99.8 cm³/mol. The molecule has 0 bridgehead atoms. The van der Waals surface area contributed by atoms with E-state index in [0.717, 1.165) is 11.1 Å². The van der Waals surface area contributed by atoms with Crippen LogP contribution in [0.25, 0.3) is 16.7 Å². The van der Waals surface area contributed by atoms with Gasteiger partial charge in [0, 0.05) is 31.9 Å². The van der Waals surface area contributed by atoms with Gasteiger partial charge in [-0.3, -0.25) is 14.2 Å². The van der Waals surface area contributed by atoms with E-state index < -0.39 is 0 Å². The molecule has 7 heteroatoms. The number of carbonyl (C=O) groups excluding carboxylic acids is 1. The minimum atomic E-state index is -0.315. The minimum Gasteiger partial charge on any atom is -0.352 e. The van der Waals surface area contributed by atoms with Crippen molar-refractivity contribution in [2.75, 3.05) is 0 Å². The molecular formula is C20H17FN4O2. The van der Waals surface area contributed by atoms with E-state index >= 15 is 0 Å². The molecule has 3 heterocycles. The molecule has 4 aromatic rings. The first-order valence-electron chi connectivity index (χ1n) is 8.59. The lowest BCUT2D eigenvalue weighted by Crippen LogP contribution is -2.28. The van der Waals surface area contributed by atoms with E-state index in [1.54, 1.807) is 28.8 Å². The van der Waals surface area contributed by atoms with Crippen LogP contribution in [0.3, 0.4) is 0 Å². The Labute approximate surface area is 153 Å². The van der Waals surface area contributed by atoms with E-state index in [9.17, 15) is 14.0 Å². The summed E-state index contributed by atoms with van der Waals surface area (Å²) in [6, 6.07) is 13.2. The zero-order valence-electron chi connectivity index (χ0n) is 14.4. The Hall–Kier alpha value is -3.48. The second-order valence-corrected chi connectivity index (χ2v) is 6.22. The number of nitrogens with one attached hydrogen (secondary N) is 1. The zero-order chi connectivity index (χ0) is 18.8. The summed E-state index contributed by atoms with van der Waals surface area (Å²) in [5.74, 6) is -0.504. The smallest absolute Gasteiger partial charge is 0.276 e. The number of pyridine rings is 1. The van der Waals surface area contributed by atoms with Gasteiger partial charge in [-0.1, -0.05) is 12.1 Å². The lowest BCUT2D eigenvalue weighted by Gasteiger charge is -2.11. The van der Waals surface area contributed by atoms with Crippen LogP contribution in [0.1, 0.15) is 12.0 Å². The third-order valence-electron chi connectivity index (χ3n) is 4.46. The summed E-state index contributed by atoms with van der Waals surface area (Å²) >= 11 is 0. The fourth-order valence-corrected chi connectivity index (χ4v) is 3.10. The molecule has 0 aliphatic heterocycles. The number of amides is 1. The molecule has 0 saturated carbocycles. The van der Waals surface area contributed by atoms with Crippen LogP contribution in [-0.4, -0.2) is 19.9 Å². The molecule has 27 heavy (non-hydrogen) atoms. The summed E-state index contributed by atoms with van der Waals surface area (Å²) in [5.41, 5.74) is 2.52. The van der Waals surface area contributed by atoms with Crippen molar-refractivity contribution >= 4 is 22.6 Å². The minimum absolute atomic E-state index is 0.143. The van der Waals surface area contributed by atoms with Crippen molar-refractivity contribution in [1.29, 1.82) is 0 Å². The molecule has 0 aliphatic carbocycles. The molecule has 0 radical (unpaired) electrons. The molecule has 0 atom stereocenters. The monoisotopic (exact) mass is 364 g/mol. The highest BCUT2D eigenvalue weighted by Crippen LogP contribution is 2.13. The SMILES string of the molecule is O=C(CCn1c(=O)c2cccn2c2cccnc21)NCc1ccc(F)cc1. The molecule has 1 aromatic carbocycles. The first-order chi connectivity index (χ1) is 13.1. The molecule has 6 nitrogen and oxygen atoms in total. The average molecular weight is 364 g/mol. The number of nitrogens with zero attached hydrogens (tertiary/aromatic N) is 3. The van der Waals surface area contributed by atoms with E-state index in [1.165, 1.54) is 16.7 Å². The van der Waals surface area contributed by atoms with Gasteiger partial charge in [-0.2, -0.15) is 0 Å². The Kier molecular flexibility index (Phi) is 4.42. The number of carbonyl (C=O) groups is 1. The molecular weight excluding hydrogens is 347 g/mol. The Bertz CT molecular complexity index is 1180. The number of hydrogen-bond donors (Lipinski definition) is 1. The quantitative estimate of drug-likeness (QED) is 0.592. The maximum Gasteiger partial charge on any atom is 0.276 e. The average Bonchev–Trinajstić information content (AvgIpc) is 3.18. The van der Waals surface area contributed by atoms with Gasteiger partial charge in [-0.15, -0.1) is 0 Å². The van der Waals surface area contributed by atoms with Crippen molar-refractivity contribution in [2.45, 2.75) is 19.5 Å². The number of fused-ring (bicyclic) bond motifs is 3. The summed E-state index contributed by atoms with van der Waals surface area (Å²) in [6.45, 7) is 0.536. The Morgan fingerprint density at radius 3 is 2.67 bits per heavy atom. The van der Waals surface area contributed by atoms with E-state index in [1.807, 2.05) is 24.4 Å². The highest BCUT2D eigenvalue weighted by molar-refractivity contribution is 5.77. The molecule has 0 saturated heterocycles. The normalized spacial score (nSPS) is 11.1. The van der Waals surface area contributed by atoms with Gasteiger partial charge in [0.25, 0.3) is 5.56 Å². The molecule has 0 unspecified atom stereocenters. The first kappa shape index (κ1) is 17.0. The zero-order valence-corrected chi connectivity index (χ0v) is 14.4. The fourth-order valence-electron chi connectivity index (χ4n) is 3.10. The second kappa shape index (κ2) is 7.03. The van der Waals surface area contributed by atoms with Crippen molar-refractivity contribution in [2.24, 2.45) is 0 Å². The van der Waals surface area contributed by atoms with E-state index in [4.69, 9.17) is 0 Å². The van der Waals surface area contributed by atoms with E-state index in [0.29, 0.717) is 17.7 Å². The van der Waals surface area contributed by atoms with Gasteiger partial charge in [-0.05, 0) is 42.0 Å². The maximum absolute atomic E-state index is 12.9. The van der Waals surface area contributed by atoms with Crippen LogP contribution in [0.2, 0.25) is 0 Å².